The van der Waals surface area contributed by atoms with Gasteiger partial charge in [0.25, 0.3) is 0 Å². The first-order chi connectivity index (χ1) is 10.2. The first-order valence-electron chi connectivity index (χ1n) is 6.83. The summed E-state index contributed by atoms with van der Waals surface area (Å²) in [6.45, 7) is 2.72. The summed E-state index contributed by atoms with van der Waals surface area (Å²) in [7, 11) is 0. The molecule has 112 valence electrons. The van der Waals surface area contributed by atoms with E-state index in [2.05, 4.69) is 21.7 Å². The lowest BCUT2D eigenvalue weighted by Gasteiger charge is -2.14. The van der Waals surface area contributed by atoms with E-state index in [1.807, 2.05) is 5.38 Å². The van der Waals surface area contributed by atoms with Gasteiger partial charge in [0.2, 0.25) is 0 Å². The predicted octanol–water partition coefficient (Wildman–Crippen LogP) is 2.72. The fourth-order valence-electron chi connectivity index (χ4n) is 2.97. The number of carboxylic acid groups (broad SMARTS) is 1. The first-order valence-corrected chi connectivity index (χ1v) is 8.65. The SMILES string of the molecule is O=C(O)c1cc(CN2C[C@@H](CO)[C@H](c3ccsc3)C2)cs1. The molecule has 2 N–H and O–H groups in total. The molecular weight excluding hydrogens is 306 g/mol. The number of nitrogens with zero attached hydrogens (tertiary/aromatic N) is 1. The summed E-state index contributed by atoms with van der Waals surface area (Å²) in [5.74, 6) is -0.229. The van der Waals surface area contributed by atoms with E-state index in [4.69, 9.17) is 5.11 Å². The summed E-state index contributed by atoms with van der Waals surface area (Å²) in [6, 6.07) is 3.88. The van der Waals surface area contributed by atoms with E-state index >= 15 is 0 Å². The average molecular weight is 323 g/mol. The zero-order chi connectivity index (χ0) is 14.8. The van der Waals surface area contributed by atoms with Crippen LogP contribution in [-0.4, -0.2) is 40.8 Å². The molecule has 21 heavy (non-hydrogen) atoms. The Labute approximate surface area is 131 Å². The van der Waals surface area contributed by atoms with E-state index < -0.39 is 5.97 Å². The molecule has 4 nitrogen and oxygen atoms in total. The molecule has 1 fully saturated rings. The summed E-state index contributed by atoms with van der Waals surface area (Å²) in [5.41, 5.74) is 2.35. The zero-order valence-electron chi connectivity index (χ0n) is 11.4. The van der Waals surface area contributed by atoms with Crippen LogP contribution in [0.25, 0.3) is 0 Å². The molecule has 1 aliphatic rings. The summed E-state index contributed by atoms with van der Waals surface area (Å²) >= 11 is 2.96. The minimum absolute atomic E-state index is 0.195. The van der Waals surface area contributed by atoms with E-state index in [1.54, 1.807) is 17.4 Å². The highest BCUT2D eigenvalue weighted by Crippen LogP contribution is 2.34. The number of carbonyl (C=O) groups is 1. The molecule has 0 aliphatic carbocycles. The van der Waals surface area contributed by atoms with Crippen LogP contribution in [0.1, 0.15) is 26.7 Å². The Morgan fingerprint density at radius 3 is 2.86 bits per heavy atom. The lowest BCUT2D eigenvalue weighted by atomic mass is 9.92. The maximum absolute atomic E-state index is 10.9. The van der Waals surface area contributed by atoms with Crippen LogP contribution in [0.4, 0.5) is 0 Å². The van der Waals surface area contributed by atoms with Crippen molar-refractivity contribution in [1.82, 2.24) is 4.90 Å². The van der Waals surface area contributed by atoms with Crippen LogP contribution >= 0.6 is 22.7 Å². The van der Waals surface area contributed by atoms with Gasteiger partial charge in [-0.3, -0.25) is 4.90 Å². The van der Waals surface area contributed by atoms with Crippen LogP contribution in [0.5, 0.6) is 0 Å². The Morgan fingerprint density at radius 2 is 2.24 bits per heavy atom. The van der Waals surface area contributed by atoms with E-state index in [1.165, 1.54) is 16.9 Å². The molecule has 0 spiro atoms. The van der Waals surface area contributed by atoms with E-state index in [0.717, 1.165) is 25.2 Å². The van der Waals surface area contributed by atoms with Crippen molar-refractivity contribution in [3.05, 3.63) is 44.3 Å². The third-order valence-corrected chi connectivity index (χ3v) is 5.66. The van der Waals surface area contributed by atoms with Crippen molar-refractivity contribution in [3.63, 3.8) is 0 Å². The number of aliphatic hydroxyl groups is 1. The number of likely N-dealkylation sites (tertiary alicyclic amines) is 1. The molecule has 2 aromatic heterocycles. The average Bonchev–Trinajstić information content (AvgIpc) is 3.18. The van der Waals surface area contributed by atoms with Crippen LogP contribution in [0, 0.1) is 5.92 Å². The minimum Gasteiger partial charge on any atom is -0.477 e. The monoisotopic (exact) mass is 323 g/mol. The fraction of sp³-hybridized carbons (Fsp3) is 0.400. The molecule has 2 aromatic rings. The summed E-state index contributed by atoms with van der Waals surface area (Å²) < 4.78 is 0. The molecule has 3 heterocycles. The smallest absolute Gasteiger partial charge is 0.345 e. The third-order valence-electron chi connectivity index (χ3n) is 3.99. The molecule has 1 aliphatic heterocycles. The first kappa shape index (κ1) is 14.7. The van der Waals surface area contributed by atoms with Crippen molar-refractivity contribution < 1.29 is 15.0 Å². The number of hydrogen-bond acceptors (Lipinski definition) is 5. The number of rotatable bonds is 5. The van der Waals surface area contributed by atoms with Crippen LogP contribution < -0.4 is 0 Å². The molecule has 0 amide bonds. The highest BCUT2D eigenvalue weighted by atomic mass is 32.1. The molecule has 0 unspecified atom stereocenters. The van der Waals surface area contributed by atoms with Gasteiger partial charge in [-0.15, -0.1) is 11.3 Å². The van der Waals surface area contributed by atoms with E-state index in [0.29, 0.717) is 10.8 Å². The third kappa shape index (κ3) is 3.18. The van der Waals surface area contributed by atoms with Crippen molar-refractivity contribution in [2.75, 3.05) is 19.7 Å². The largest absolute Gasteiger partial charge is 0.477 e. The fourth-order valence-corrected chi connectivity index (χ4v) is 4.43. The number of hydrogen-bond donors (Lipinski definition) is 2. The van der Waals surface area contributed by atoms with Gasteiger partial charge >= 0.3 is 5.97 Å². The highest BCUT2D eigenvalue weighted by Gasteiger charge is 2.33. The topological polar surface area (TPSA) is 60.8 Å². The molecule has 6 heteroatoms. The number of aromatic carboxylic acids is 1. The standard InChI is InChI=1S/C15H17NO3S2/c17-7-12-5-16(6-13(12)11-1-2-20-9-11)4-10-3-14(15(18)19)21-8-10/h1-3,8-9,12-13,17H,4-7H2,(H,18,19)/t12-,13-/m0/s1. The molecule has 1 saturated heterocycles. The second-order valence-corrected chi connectivity index (χ2v) is 7.12. The second-order valence-electron chi connectivity index (χ2n) is 5.42. The van der Waals surface area contributed by atoms with Gasteiger partial charge in [0.15, 0.2) is 0 Å². The van der Waals surface area contributed by atoms with Gasteiger partial charge in [-0.25, -0.2) is 4.79 Å². The van der Waals surface area contributed by atoms with Crippen molar-refractivity contribution in [2.45, 2.75) is 12.5 Å². The Balaban J connectivity index is 1.68. The van der Waals surface area contributed by atoms with Crippen molar-refractivity contribution in [1.29, 1.82) is 0 Å². The Bertz CT molecular complexity index is 608. The maximum atomic E-state index is 10.9. The molecule has 0 saturated carbocycles. The Morgan fingerprint density at radius 1 is 1.38 bits per heavy atom. The van der Waals surface area contributed by atoms with Crippen molar-refractivity contribution in [3.8, 4) is 0 Å². The van der Waals surface area contributed by atoms with E-state index in [-0.39, 0.29) is 12.5 Å². The quantitative estimate of drug-likeness (QED) is 0.888. The maximum Gasteiger partial charge on any atom is 0.345 e. The predicted molar refractivity (Wildman–Crippen MR) is 84.2 cm³/mol. The highest BCUT2D eigenvalue weighted by molar-refractivity contribution is 7.12. The number of thiophene rings is 2. The Kier molecular flexibility index (Phi) is 4.40. The Hall–Kier alpha value is -1.21. The second kappa shape index (κ2) is 6.27. The minimum atomic E-state index is -0.864. The molecule has 2 atom stereocenters. The zero-order valence-corrected chi connectivity index (χ0v) is 13.1. The lowest BCUT2D eigenvalue weighted by molar-refractivity contribution is 0.0702. The van der Waals surface area contributed by atoms with Crippen LogP contribution in [-0.2, 0) is 6.54 Å². The van der Waals surface area contributed by atoms with Crippen LogP contribution in [0.15, 0.2) is 28.3 Å². The number of carboxylic acids is 1. The molecular formula is C15H17NO3S2. The van der Waals surface area contributed by atoms with Gasteiger partial charge in [0.1, 0.15) is 4.88 Å². The number of aliphatic hydroxyl groups excluding tert-OH is 1. The molecule has 0 bridgehead atoms. The summed E-state index contributed by atoms with van der Waals surface area (Å²) in [5, 5.41) is 24.7. The summed E-state index contributed by atoms with van der Waals surface area (Å²) in [6.07, 6.45) is 0. The van der Waals surface area contributed by atoms with Gasteiger partial charge in [0, 0.05) is 38.1 Å². The van der Waals surface area contributed by atoms with Gasteiger partial charge < -0.3 is 10.2 Å². The molecule has 3 rings (SSSR count). The van der Waals surface area contributed by atoms with Crippen LogP contribution in [0.2, 0.25) is 0 Å². The van der Waals surface area contributed by atoms with Crippen LogP contribution in [0.3, 0.4) is 0 Å². The summed E-state index contributed by atoms with van der Waals surface area (Å²) in [4.78, 5) is 13.6. The van der Waals surface area contributed by atoms with Gasteiger partial charge in [-0.2, -0.15) is 11.3 Å². The van der Waals surface area contributed by atoms with Crippen molar-refractivity contribution >= 4 is 28.6 Å². The van der Waals surface area contributed by atoms with Gasteiger partial charge in [-0.05, 0) is 39.4 Å². The van der Waals surface area contributed by atoms with Gasteiger partial charge in [-0.1, -0.05) is 0 Å². The van der Waals surface area contributed by atoms with E-state index in [9.17, 15) is 9.90 Å². The van der Waals surface area contributed by atoms with Crippen molar-refractivity contribution in [2.24, 2.45) is 5.92 Å². The molecule has 0 radical (unpaired) electrons. The molecule has 0 aromatic carbocycles. The lowest BCUT2D eigenvalue weighted by Crippen LogP contribution is -2.20. The normalized spacial score (nSPS) is 22.7. The van der Waals surface area contributed by atoms with Gasteiger partial charge in [0.05, 0.1) is 0 Å².